The van der Waals surface area contributed by atoms with Gasteiger partial charge in [-0.15, -0.1) is 10.2 Å². The molecule has 4 nitrogen and oxygen atoms in total. The van der Waals surface area contributed by atoms with Crippen molar-refractivity contribution >= 4 is 11.5 Å². The summed E-state index contributed by atoms with van der Waals surface area (Å²) in [6.07, 6.45) is 0. The Balaban J connectivity index is 1.86. The number of para-hydroxylation sites is 1. The van der Waals surface area contributed by atoms with Crippen molar-refractivity contribution < 1.29 is 4.74 Å². The van der Waals surface area contributed by atoms with E-state index in [-0.39, 0.29) is 0 Å². The Kier molecular flexibility index (Phi) is 4.24. The van der Waals surface area contributed by atoms with Gasteiger partial charge in [0.15, 0.2) is 5.82 Å². The highest BCUT2D eigenvalue weighted by atomic mass is 16.5. The van der Waals surface area contributed by atoms with E-state index in [2.05, 4.69) is 35.4 Å². The summed E-state index contributed by atoms with van der Waals surface area (Å²) in [4.78, 5) is 0. The molecule has 0 aliphatic carbocycles. The molecule has 1 aromatic heterocycles. The minimum atomic E-state index is 0.720. The van der Waals surface area contributed by atoms with E-state index >= 15 is 0 Å². The lowest BCUT2D eigenvalue weighted by molar-refractivity contribution is 0.416. The number of methoxy groups -OCH3 is 1. The minimum Gasteiger partial charge on any atom is -0.496 e. The second-order valence-electron chi connectivity index (χ2n) is 5.38. The number of nitrogens with one attached hydrogen (secondary N) is 1. The van der Waals surface area contributed by atoms with Gasteiger partial charge < -0.3 is 10.1 Å². The quantitative estimate of drug-likeness (QED) is 0.770. The SMILES string of the molecule is COc1ccccc1-c1ccc(Nc2cccc(C)c2C)nn1. The highest BCUT2D eigenvalue weighted by Gasteiger charge is 2.08. The average molecular weight is 305 g/mol. The fourth-order valence-electron chi connectivity index (χ4n) is 2.42. The van der Waals surface area contributed by atoms with Gasteiger partial charge in [0, 0.05) is 11.3 Å². The predicted octanol–water partition coefficient (Wildman–Crippen LogP) is 4.51. The highest BCUT2D eigenvalue weighted by Crippen LogP contribution is 2.28. The van der Waals surface area contributed by atoms with Crippen LogP contribution in [0, 0.1) is 13.8 Å². The third kappa shape index (κ3) is 3.16. The van der Waals surface area contributed by atoms with Crippen LogP contribution >= 0.6 is 0 Å². The second kappa shape index (κ2) is 6.48. The number of benzene rings is 2. The van der Waals surface area contributed by atoms with Gasteiger partial charge in [0.25, 0.3) is 0 Å². The zero-order chi connectivity index (χ0) is 16.2. The fourth-order valence-corrected chi connectivity index (χ4v) is 2.42. The van der Waals surface area contributed by atoms with Crippen molar-refractivity contribution in [1.82, 2.24) is 10.2 Å². The van der Waals surface area contributed by atoms with Crippen LogP contribution in [0.1, 0.15) is 11.1 Å². The number of rotatable bonds is 4. The van der Waals surface area contributed by atoms with Crippen molar-refractivity contribution in [2.75, 3.05) is 12.4 Å². The number of nitrogens with zero attached hydrogens (tertiary/aromatic N) is 2. The molecule has 116 valence electrons. The van der Waals surface area contributed by atoms with Gasteiger partial charge in [-0.3, -0.25) is 0 Å². The first kappa shape index (κ1) is 15.0. The first-order valence-electron chi connectivity index (χ1n) is 7.49. The first-order chi connectivity index (χ1) is 11.2. The van der Waals surface area contributed by atoms with E-state index in [0.29, 0.717) is 0 Å². The number of anilines is 2. The van der Waals surface area contributed by atoms with Gasteiger partial charge in [-0.25, -0.2) is 0 Å². The van der Waals surface area contributed by atoms with Crippen LogP contribution in [-0.4, -0.2) is 17.3 Å². The molecule has 4 heteroatoms. The molecule has 0 saturated carbocycles. The summed E-state index contributed by atoms with van der Waals surface area (Å²) in [5.41, 5.74) is 5.22. The van der Waals surface area contributed by atoms with Crippen LogP contribution in [0.25, 0.3) is 11.3 Å². The Hall–Kier alpha value is -2.88. The Morgan fingerprint density at radius 2 is 1.70 bits per heavy atom. The molecule has 0 saturated heterocycles. The summed E-state index contributed by atoms with van der Waals surface area (Å²) >= 11 is 0. The van der Waals surface area contributed by atoms with Crippen LogP contribution in [0.3, 0.4) is 0 Å². The van der Waals surface area contributed by atoms with Gasteiger partial charge in [0.2, 0.25) is 0 Å². The number of hydrogen-bond acceptors (Lipinski definition) is 4. The molecule has 0 fully saturated rings. The number of hydrogen-bond donors (Lipinski definition) is 1. The maximum absolute atomic E-state index is 5.37. The molecule has 0 aliphatic heterocycles. The zero-order valence-electron chi connectivity index (χ0n) is 13.5. The lowest BCUT2D eigenvalue weighted by Crippen LogP contribution is -1.99. The van der Waals surface area contributed by atoms with E-state index in [0.717, 1.165) is 28.5 Å². The van der Waals surface area contributed by atoms with E-state index in [4.69, 9.17) is 4.74 Å². The monoisotopic (exact) mass is 305 g/mol. The summed E-state index contributed by atoms with van der Waals surface area (Å²) in [5.74, 6) is 1.51. The molecule has 1 N–H and O–H groups in total. The van der Waals surface area contributed by atoms with Crippen molar-refractivity contribution in [2.45, 2.75) is 13.8 Å². The lowest BCUT2D eigenvalue weighted by atomic mass is 10.1. The van der Waals surface area contributed by atoms with E-state index in [1.165, 1.54) is 11.1 Å². The van der Waals surface area contributed by atoms with E-state index in [1.54, 1.807) is 7.11 Å². The Morgan fingerprint density at radius 3 is 2.43 bits per heavy atom. The molecular formula is C19H19N3O. The normalized spacial score (nSPS) is 10.4. The van der Waals surface area contributed by atoms with Crippen LogP contribution in [0.2, 0.25) is 0 Å². The largest absolute Gasteiger partial charge is 0.496 e. The Morgan fingerprint density at radius 1 is 0.870 bits per heavy atom. The van der Waals surface area contributed by atoms with Gasteiger partial charge in [-0.1, -0.05) is 24.3 Å². The minimum absolute atomic E-state index is 0.720. The van der Waals surface area contributed by atoms with Gasteiger partial charge in [0.05, 0.1) is 12.8 Å². The molecule has 0 spiro atoms. The number of aryl methyl sites for hydroxylation is 1. The molecule has 0 unspecified atom stereocenters. The summed E-state index contributed by atoms with van der Waals surface area (Å²) in [7, 11) is 1.66. The van der Waals surface area contributed by atoms with E-state index < -0.39 is 0 Å². The van der Waals surface area contributed by atoms with Crippen molar-refractivity contribution in [1.29, 1.82) is 0 Å². The molecule has 0 radical (unpaired) electrons. The van der Waals surface area contributed by atoms with Gasteiger partial charge in [-0.05, 0) is 55.3 Å². The molecular weight excluding hydrogens is 286 g/mol. The molecule has 23 heavy (non-hydrogen) atoms. The van der Waals surface area contributed by atoms with Crippen LogP contribution in [-0.2, 0) is 0 Å². The predicted molar refractivity (Wildman–Crippen MR) is 93.2 cm³/mol. The highest BCUT2D eigenvalue weighted by molar-refractivity contribution is 5.68. The molecule has 0 bridgehead atoms. The standard InChI is InChI=1S/C19H19N3O/c1-13-7-6-9-16(14(13)2)20-19-12-11-17(21-22-19)15-8-4-5-10-18(15)23-3/h4-12H,1-3H3,(H,20,22). The third-order valence-corrected chi connectivity index (χ3v) is 3.91. The Labute approximate surface area is 136 Å². The van der Waals surface area contributed by atoms with E-state index in [1.807, 2.05) is 48.5 Å². The third-order valence-electron chi connectivity index (χ3n) is 3.91. The van der Waals surface area contributed by atoms with Crippen LogP contribution in [0.5, 0.6) is 5.75 Å². The summed E-state index contributed by atoms with van der Waals surface area (Å²) in [6.45, 7) is 4.19. The van der Waals surface area contributed by atoms with Crippen molar-refractivity contribution in [3.8, 4) is 17.0 Å². The number of ether oxygens (including phenoxy) is 1. The van der Waals surface area contributed by atoms with E-state index in [9.17, 15) is 0 Å². The first-order valence-corrected chi connectivity index (χ1v) is 7.49. The van der Waals surface area contributed by atoms with Gasteiger partial charge in [-0.2, -0.15) is 0 Å². The fraction of sp³-hybridized carbons (Fsp3) is 0.158. The molecule has 3 rings (SSSR count). The van der Waals surface area contributed by atoms with Crippen molar-refractivity contribution in [3.63, 3.8) is 0 Å². The lowest BCUT2D eigenvalue weighted by Gasteiger charge is -2.11. The molecule has 0 atom stereocenters. The maximum atomic E-state index is 5.37. The molecule has 3 aromatic rings. The molecule has 2 aromatic carbocycles. The summed E-state index contributed by atoms with van der Waals surface area (Å²) in [5, 5.41) is 11.9. The topological polar surface area (TPSA) is 47.0 Å². The van der Waals surface area contributed by atoms with Crippen molar-refractivity contribution in [3.05, 3.63) is 65.7 Å². The zero-order valence-corrected chi connectivity index (χ0v) is 13.5. The van der Waals surface area contributed by atoms with Crippen LogP contribution < -0.4 is 10.1 Å². The van der Waals surface area contributed by atoms with Gasteiger partial charge in [0.1, 0.15) is 5.75 Å². The summed E-state index contributed by atoms with van der Waals surface area (Å²) in [6, 6.07) is 17.8. The smallest absolute Gasteiger partial charge is 0.153 e. The molecule has 1 heterocycles. The maximum Gasteiger partial charge on any atom is 0.153 e. The Bertz CT molecular complexity index is 813. The van der Waals surface area contributed by atoms with Gasteiger partial charge >= 0.3 is 0 Å². The van der Waals surface area contributed by atoms with Crippen LogP contribution in [0.15, 0.2) is 54.6 Å². The second-order valence-corrected chi connectivity index (χ2v) is 5.38. The molecule has 0 amide bonds. The van der Waals surface area contributed by atoms with Crippen molar-refractivity contribution in [2.24, 2.45) is 0 Å². The number of aromatic nitrogens is 2. The summed E-state index contributed by atoms with van der Waals surface area (Å²) < 4.78 is 5.37. The average Bonchev–Trinajstić information content (AvgIpc) is 2.59. The van der Waals surface area contributed by atoms with Crippen LogP contribution in [0.4, 0.5) is 11.5 Å². The molecule has 0 aliphatic rings.